The Kier molecular flexibility index (Phi) is 4.42. The summed E-state index contributed by atoms with van der Waals surface area (Å²) < 4.78 is 11.8. The van der Waals surface area contributed by atoms with Crippen LogP contribution in [-0.4, -0.2) is 19.8 Å². The third kappa shape index (κ3) is 3.31. The number of ether oxygens (including phenoxy) is 2. The zero-order valence-corrected chi connectivity index (χ0v) is 10.3. The molecule has 3 heteroatoms. The first-order valence-corrected chi connectivity index (χ1v) is 5.34. The lowest BCUT2D eigenvalue weighted by atomic mass is 10.2. The van der Waals surface area contributed by atoms with E-state index in [1.807, 2.05) is 32.0 Å². The van der Waals surface area contributed by atoms with Crippen molar-refractivity contribution >= 4 is 15.9 Å². The molecule has 0 saturated heterocycles. The SMILES string of the molecule is COC(C)COc1cc(Br)ccc1C. The smallest absolute Gasteiger partial charge is 0.123 e. The zero-order valence-electron chi connectivity index (χ0n) is 8.71. The quantitative estimate of drug-likeness (QED) is 0.826. The van der Waals surface area contributed by atoms with Gasteiger partial charge in [-0.25, -0.2) is 0 Å². The summed E-state index contributed by atoms with van der Waals surface area (Å²) in [6.45, 7) is 4.58. The highest BCUT2D eigenvalue weighted by Gasteiger charge is 2.03. The molecule has 1 unspecified atom stereocenters. The number of rotatable bonds is 4. The number of aryl methyl sites for hydroxylation is 1. The topological polar surface area (TPSA) is 18.5 Å². The van der Waals surface area contributed by atoms with Crippen molar-refractivity contribution in [2.45, 2.75) is 20.0 Å². The summed E-state index contributed by atoms with van der Waals surface area (Å²) in [5, 5.41) is 0. The van der Waals surface area contributed by atoms with Crippen LogP contribution in [-0.2, 0) is 4.74 Å². The van der Waals surface area contributed by atoms with E-state index in [1.54, 1.807) is 7.11 Å². The van der Waals surface area contributed by atoms with E-state index in [2.05, 4.69) is 15.9 Å². The van der Waals surface area contributed by atoms with Crippen LogP contribution in [0.5, 0.6) is 5.75 Å². The highest BCUT2D eigenvalue weighted by Crippen LogP contribution is 2.22. The van der Waals surface area contributed by atoms with Crippen molar-refractivity contribution < 1.29 is 9.47 Å². The van der Waals surface area contributed by atoms with E-state index < -0.39 is 0 Å². The summed E-state index contributed by atoms with van der Waals surface area (Å²) >= 11 is 3.41. The molecular weight excluding hydrogens is 244 g/mol. The van der Waals surface area contributed by atoms with E-state index >= 15 is 0 Å². The lowest BCUT2D eigenvalue weighted by molar-refractivity contribution is 0.0714. The third-order valence-electron chi connectivity index (χ3n) is 2.03. The molecule has 0 amide bonds. The van der Waals surface area contributed by atoms with Crippen molar-refractivity contribution in [2.24, 2.45) is 0 Å². The molecule has 78 valence electrons. The molecule has 1 atom stereocenters. The van der Waals surface area contributed by atoms with Crippen molar-refractivity contribution in [1.82, 2.24) is 0 Å². The first kappa shape index (κ1) is 11.5. The minimum Gasteiger partial charge on any atom is -0.491 e. The van der Waals surface area contributed by atoms with Gasteiger partial charge in [0.15, 0.2) is 0 Å². The van der Waals surface area contributed by atoms with Crippen LogP contribution < -0.4 is 4.74 Å². The zero-order chi connectivity index (χ0) is 10.6. The van der Waals surface area contributed by atoms with E-state index in [1.165, 1.54) is 0 Å². The van der Waals surface area contributed by atoms with Crippen LogP contribution in [0.15, 0.2) is 22.7 Å². The van der Waals surface area contributed by atoms with Crippen molar-refractivity contribution in [1.29, 1.82) is 0 Å². The maximum Gasteiger partial charge on any atom is 0.123 e. The number of benzene rings is 1. The molecule has 0 aromatic heterocycles. The van der Waals surface area contributed by atoms with Gasteiger partial charge >= 0.3 is 0 Å². The van der Waals surface area contributed by atoms with Gasteiger partial charge in [-0.05, 0) is 31.5 Å². The molecular formula is C11H15BrO2. The number of methoxy groups -OCH3 is 1. The van der Waals surface area contributed by atoms with Gasteiger partial charge in [-0.3, -0.25) is 0 Å². The Labute approximate surface area is 93.4 Å². The Balaban J connectivity index is 2.62. The van der Waals surface area contributed by atoms with Gasteiger partial charge in [-0.2, -0.15) is 0 Å². The van der Waals surface area contributed by atoms with E-state index in [0.717, 1.165) is 15.8 Å². The average molecular weight is 259 g/mol. The third-order valence-corrected chi connectivity index (χ3v) is 2.52. The Hall–Kier alpha value is -0.540. The normalized spacial score (nSPS) is 12.6. The summed E-state index contributed by atoms with van der Waals surface area (Å²) in [5.41, 5.74) is 1.14. The van der Waals surface area contributed by atoms with E-state index in [0.29, 0.717) is 6.61 Å². The van der Waals surface area contributed by atoms with Crippen LogP contribution in [0.4, 0.5) is 0 Å². The molecule has 2 nitrogen and oxygen atoms in total. The standard InChI is InChI=1S/C11H15BrO2/c1-8-4-5-10(12)6-11(8)14-7-9(2)13-3/h4-6,9H,7H2,1-3H3. The minimum absolute atomic E-state index is 0.119. The first-order chi connectivity index (χ1) is 6.63. The van der Waals surface area contributed by atoms with Gasteiger partial charge in [0.05, 0.1) is 6.10 Å². The van der Waals surface area contributed by atoms with Gasteiger partial charge in [0, 0.05) is 11.6 Å². The monoisotopic (exact) mass is 258 g/mol. The van der Waals surface area contributed by atoms with Crippen molar-refractivity contribution in [3.8, 4) is 5.75 Å². The summed E-state index contributed by atoms with van der Waals surface area (Å²) in [4.78, 5) is 0. The van der Waals surface area contributed by atoms with Gasteiger partial charge in [0.1, 0.15) is 12.4 Å². The minimum atomic E-state index is 0.119. The second kappa shape index (κ2) is 5.37. The summed E-state index contributed by atoms with van der Waals surface area (Å²) in [6.07, 6.45) is 0.119. The molecule has 0 N–H and O–H groups in total. The molecule has 0 aliphatic carbocycles. The molecule has 1 rings (SSSR count). The summed E-state index contributed by atoms with van der Waals surface area (Å²) in [7, 11) is 1.68. The highest BCUT2D eigenvalue weighted by atomic mass is 79.9. The highest BCUT2D eigenvalue weighted by molar-refractivity contribution is 9.10. The maximum atomic E-state index is 5.62. The van der Waals surface area contributed by atoms with E-state index in [9.17, 15) is 0 Å². The van der Waals surface area contributed by atoms with Crippen LogP contribution in [0.25, 0.3) is 0 Å². The van der Waals surface area contributed by atoms with Gasteiger partial charge in [-0.1, -0.05) is 22.0 Å². The largest absolute Gasteiger partial charge is 0.491 e. The molecule has 1 aromatic rings. The summed E-state index contributed by atoms with van der Waals surface area (Å²) in [5.74, 6) is 0.906. The Bertz CT molecular complexity index is 299. The Morgan fingerprint density at radius 3 is 2.79 bits per heavy atom. The fraction of sp³-hybridized carbons (Fsp3) is 0.455. The van der Waals surface area contributed by atoms with Crippen LogP contribution in [0.1, 0.15) is 12.5 Å². The molecule has 0 spiro atoms. The fourth-order valence-electron chi connectivity index (χ4n) is 1.00. The molecule has 0 saturated carbocycles. The van der Waals surface area contributed by atoms with Crippen molar-refractivity contribution in [3.05, 3.63) is 28.2 Å². The fourth-order valence-corrected chi connectivity index (χ4v) is 1.34. The average Bonchev–Trinajstić information content (AvgIpc) is 2.19. The number of hydrogen-bond acceptors (Lipinski definition) is 2. The predicted octanol–water partition coefficient (Wildman–Crippen LogP) is 3.17. The lowest BCUT2D eigenvalue weighted by Crippen LogP contribution is -2.16. The van der Waals surface area contributed by atoms with Gasteiger partial charge in [-0.15, -0.1) is 0 Å². The van der Waals surface area contributed by atoms with E-state index in [4.69, 9.17) is 9.47 Å². The van der Waals surface area contributed by atoms with Gasteiger partial charge in [0.25, 0.3) is 0 Å². The lowest BCUT2D eigenvalue weighted by Gasteiger charge is -2.13. The Morgan fingerprint density at radius 2 is 2.14 bits per heavy atom. The van der Waals surface area contributed by atoms with Crippen LogP contribution in [0.2, 0.25) is 0 Å². The second-order valence-corrected chi connectivity index (χ2v) is 4.18. The summed E-state index contributed by atoms with van der Waals surface area (Å²) in [6, 6.07) is 6.00. The number of halogens is 1. The predicted molar refractivity (Wildman–Crippen MR) is 60.8 cm³/mol. The number of hydrogen-bond donors (Lipinski definition) is 0. The molecule has 0 heterocycles. The van der Waals surface area contributed by atoms with E-state index in [-0.39, 0.29) is 6.10 Å². The molecule has 0 bridgehead atoms. The molecule has 0 aliphatic rings. The maximum absolute atomic E-state index is 5.62. The molecule has 0 fully saturated rings. The first-order valence-electron chi connectivity index (χ1n) is 4.55. The molecule has 14 heavy (non-hydrogen) atoms. The second-order valence-electron chi connectivity index (χ2n) is 3.27. The Morgan fingerprint density at radius 1 is 1.43 bits per heavy atom. The molecule has 1 aromatic carbocycles. The van der Waals surface area contributed by atoms with Crippen molar-refractivity contribution in [3.63, 3.8) is 0 Å². The van der Waals surface area contributed by atoms with Gasteiger partial charge < -0.3 is 9.47 Å². The van der Waals surface area contributed by atoms with Crippen LogP contribution >= 0.6 is 15.9 Å². The van der Waals surface area contributed by atoms with Crippen LogP contribution in [0.3, 0.4) is 0 Å². The molecule has 0 radical (unpaired) electrons. The van der Waals surface area contributed by atoms with Crippen molar-refractivity contribution in [2.75, 3.05) is 13.7 Å². The molecule has 0 aliphatic heterocycles. The van der Waals surface area contributed by atoms with Crippen LogP contribution in [0, 0.1) is 6.92 Å². The van der Waals surface area contributed by atoms with Gasteiger partial charge in [0.2, 0.25) is 0 Å².